The normalized spacial score (nSPS) is 15.0. The van der Waals surface area contributed by atoms with E-state index in [1.165, 1.54) is 6.07 Å². The van der Waals surface area contributed by atoms with E-state index in [4.69, 9.17) is 4.99 Å². The van der Waals surface area contributed by atoms with Gasteiger partial charge in [0.1, 0.15) is 5.82 Å². The number of halogens is 2. The van der Waals surface area contributed by atoms with Crippen molar-refractivity contribution in [1.82, 2.24) is 15.1 Å². The van der Waals surface area contributed by atoms with Crippen molar-refractivity contribution in [3.05, 3.63) is 29.6 Å². The van der Waals surface area contributed by atoms with Crippen LogP contribution in [0.4, 0.5) is 4.39 Å². The van der Waals surface area contributed by atoms with Crippen molar-refractivity contribution in [3.8, 4) is 0 Å². The Morgan fingerprint density at radius 1 is 1.26 bits per heavy atom. The lowest BCUT2D eigenvalue weighted by Crippen LogP contribution is -2.54. The van der Waals surface area contributed by atoms with Gasteiger partial charge < -0.3 is 15.1 Å². The predicted octanol–water partition coefficient (Wildman–Crippen LogP) is 3.43. The third-order valence-electron chi connectivity index (χ3n) is 4.36. The molecule has 0 radical (unpaired) electrons. The second-order valence-electron chi connectivity index (χ2n) is 6.59. The van der Waals surface area contributed by atoms with E-state index in [1.54, 1.807) is 23.9 Å². The first-order chi connectivity index (χ1) is 12.5. The Morgan fingerprint density at radius 2 is 1.89 bits per heavy atom. The number of thioether (sulfide) groups is 1. The molecule has 152 valence electrons. The van der Waals surface area contributed by atoms with Crippen molar-refractivity contribution < 1.29 is 9.18 Å². The molecule has 1 aliphatic rings. The summed E-state index contributed by atoms with van der Waals surface area (Å²) in [6.45, 7) is 10.0. The summed E-state index contributed by atoms with van der Waals surface area (Å²) in [4.78, 5) is 22.0. The van der Waals surface area contributed by atoms with Gasteiger partial charge in [0.15, 0.2) is 5.96 Å². The lowest BCUT2D eigenvalue weighted by Gasteiger charge is -2.37. The summed E-state index contributed by atoms with van der Waals surface area (Å²) in [5.41, 5.74) is 0.890. The zero-order valence-electron chi connectivity index (χ0n) is 16.5. The van der Waals surface area contributed by atoms with Crippen molar-refractivity contribution in [2.24, 2.45) is 10.9 Å². The number of carbonyl (C=O) groups excluding carboxylic acids is 1. The summed E-state index contributed by atoms with van der Waals surface area (Å²) in [7, 11) is 0. The fourth-order valence-electron chi connectivity index (χ4n) is 2.96. The number of guanidine groups is 1. The highest BCUT2D eigenvalue weighted by Crippen LogP contribution is 2.22. The average molecular weight is 508 g/mol. The number of nitrogens with zero attached hydrogens (tertiary/aromatic N) is 3. The molecule has 1 saturated heterocycles. The lowest BCUT2D eigenvalue weighted by atomic mass is 10.1. The Labute approximate surface area is 183 Å². The van der Waals surface area contributed by atoms with Crippen molar-refractivity contribution >= 4 is 47.6 Å². The topological polar surface area (TPSA) is 47.9 Å². The highest BCUT2D eigenvalue weighted by atomic mass is 127. The number of amides is 1. The van der Waals surface area contributed by atoms with E-state index in [-0.39, 0.29) is 41.6 Å². The quantitative estimate of drug-likeness (QED) is 0.287. The van der Waals surface area contributed by atoms with Gasteiger partial charge in [0.05, 0.1) is 6.54 Å². The van der Waals surface area contributed by atoms with Crippen LogP contribution >= 0.6 is 35.7 Å². The summed E-state index contributed by atoms with van der Waals surface area (Å²) >= 11 is 1.60. The minimum absolute atomic E-state index is 0. The molecule has 1 aromatic rings. The van der Waals surface area contributed by atoms with E-state index in [2.05, 4.69) is 10.2 Å². The van der Waals surface area contributed by atoms with Crippen molar-refractivity contribution in [1.29, 1.82) is 0 Å². The first-order valence-electron chi connectivity index (χ1n) is 9.10. The SMILES string of the molecule is CCNC(=NCc1cc(F)ccc1SC)N1CCN(C(=O)C(C)C)CC1.I. The molecule has 8 heteroatoms. The van der Waals surface area contributed by atoms with Gasteiger partial charge in [0.2, 0.25) is 5.91 Å². The molecule has 5 nitrogen and oxygen atoms in total. The largest absolute Gasteiger partial charge is 0.357 e. The maximum atomic E-state index is 13.6. The molecule has 0 atom stereocenters. The molecule has 1 aliphatic heterocycles. The minimum atomic E-state index is -0.237. The van der Waals surface area contributed by atoms with E-state index < -0.39 is 0 Å². The molecule has 27 heavy (non-hydrogen) atoms. The molecule has 1 heterocycles. The number of rotatable bonds is 5. The van der Waals surface area contributed by atoms with Crippen LogP contribution in [0.25, 0.3) is 0 Å². The molecule has 0 aliphatic carbocycles. The highest BCUT2D eigenvalue weighted by Gasteiger charge is 2.24. The van der Waals surface area contributed by atoms with Crippen LogP contribution in [0.1, 0.15) is 26.3 Å². The van der Waals surface area contributed by atoms with E-state index in [9.17, 15) is 9.18 Å². The van der Waals surface area contributed by atoms with Crippen LogP contribution in [-0.2, 0) is 11.3 Å². The number of piperazine rings is 1. The number of benzene rings is 1. The number of hydrogen-bond donors (Lipinski definition) is 1. The zero-order valence-corrected chi connectivity index (χ0v) is 19.6. The number of hydrogen-bond acceptors (Lipinski definition) is 3. The third kappa shape index (κ3) is 6.81. The minimum Gasteiger partial charge on any atom is -0.357 e. The first-order valence-corrected chi connectivity index (χ1v) is 10.3. The maximum absolute atomic E-state index is 13.6. The third-order valence-corrected chi connectivity index (χ3v) is 5.20. The van der Waals surface area contributed by atoms with Gasteiger partial charge in [-0.1, -0.05) is 13.8 Å². The Morgan fingerprint density at radius 3 is 2.44 bits per heavy atom. The molecule has 1 fully saturated rings. The fraction of sp³-hybridized carbons (Fsp3) is 0.579. The summed E-state index contributed by atoms with van der Waals surface area (Å²) in [6.07, 6.45) is 1.98. The smallest absolute Gasteiger partial charge is 0.225 e. The van der Waals surface area contributed by atoms with Crippen molar-refractivity contribution in [3.63, 3.8) is 0 Å². The Kier molecular flexibility index (Phi) is 10.4. The second kappa shape index (κ2) is 11.7. The predicted molar refractivity (Wildman–Crippen MR) is 121 cm³/mol. The van der Waals surface area contributed by atoms with Gasteiger partial charge in [-0.15, -0.1) is 35.7 Å². The molecule has 0 bridgehead atoms. The van der Waals surface area contributed by atoms with E-state index in [1.807, 2.05) is 31.9 Å². The monoisotopic (exact) mass is 508 g/mol. The molecule has 1 N–H and O–H groups in total. The number of aliphatic imine (C=N–C) groups is 1. The fourth-order valence-corrected chi connectivity index (χ4v) is 3.55. The molecular weight excluding hydrogens is 478 g/mol. The van der Waals surface area contributed by atoms with E-state index in [0.29, 0.717) is 19.6 Å². The first kappa shape index (κ1) is 24.0. The molecule has 0 unspecified atom stereocenters. The Balaban J connectivity index is 0.00000364. The van der Waals surface area contributed by atoms with Crippen LogP contribution in [0.3, 0.4) is 0 Å². The summed E-state index contributed by atoms with van der Waals surface area (Å²) in [5, 5.41) is 3.31. The molecule has 1 aromatic carbocycles. The molecule has 1 amide bonds. The van der Waals surface area contributed by atoms with Gasteiger partial charge in [-0.05, 0) is 36.9 Å². The summed E-state index contributed by atoms with van der Waals surface area (Å²) in [5.74, 6) is 0.816. The Bertz CT molecular complexity index is 649. The van der Waals surface area contributed by atoms with Gasteiger partial charge in [-0.2, -0.15) is 0 Å². The zero-order chi connectivity index (χ0) is 19.1. The Hall–Kier alpha value is -1.03. The van der Waals surface area contributed by atoms with Crippen molar-refractivity contribution in [2.75, 3.05) is 39.0 Å². The van der Waals surface area contributed by atoms with Crippen LogP contribution in [0.5, 0.6) is 0 Å². The van der Waals surface area contributed by atoms with Gasteiger partial charge in [0.25, 0.3) is 0 Å². The van der Waals surface area contributed by atoms with Crippen LogP contribution in [-0.4, -0.2) is 60.6 Å². The summed E-state index contributed by atoms with van der Waals surface area (Å²) in [6, 6.07) is 4.83. The lowest BCUT2D eigenvalue weighted by molar-refractivity contribution is -0.135. The molecule has 0 spiro atoms. The average Bonchev–Trinajstić information content (AvgIpc) is 2.64. The van der Waals surface area contributed by atoms with E-state index >= 15 is 0 Å². The van der Waals surface area contributed by atoms with Gasteiger partial charge in [-0.3, -0.25) is 4.79 Å². The molecule has 0 aromatic heterocycles. The second-order valence-corrected chi connectivity index (χ2v) is 7.44. The number of carbonyl (C=O) groups is 1. The maximum Gasteiger partial charge on any atom is 0.225 e. The van der Waals surface area contributed by atoms with Crippen molar-refractivity contribution in [2.45, 2.75) is 32.2 Å². The van der Waals surface area contributed by atoms with Gasteiger partial charge in [-0.25, -0.2) is 9.38 Å². The van der Waals surface area contributed by atoms with Gasteiger partial charge >= 0.3 is 0 Å². The highest BCUT2D eigenvalue weighted by molar-refractivity contribution is 14.0. The van der Waals surface area contributed by atoms with Crippen LogP contribution in [0, 0.1) is 11.7 Å². The molecule has 0 saturated carbocycles. The molecule has 2 rings (SSSR count). The van der Waals surface area contributed by atoms with Gasteiger partial charge in [0, 0.05) is 43.5 Å². The standard InChI is InChI=1S/C19H29FN4OS.HI/c1-5-21-19(22-13-15-12-16(20)6-7-17(15)26-4)24-10-8-23(9-11-24)18(25)14(2)3;/h6-7,12,14H,5,8-11,13H2,1-4H3,(H,21,22);1H. The summed E-state index contributed by atoms with van der Waals surface area (Å²) < 4.78 is 13.6. The van der Waals surface area contributed by atoms with E-state index in [0.717, 1.165) is 36.1 Å². The van der Waals surface area contributed by atoms with Crippen LogP contribution < -0.4 is 5.32 Å². The van der Waals surface area contributed by atoms with Crippen LogP contribution in [0.15, 0.2) is 28.1 Å². The van der Waals surface area contributed by atoms with Crippen LogP contribution in [0.2, 0.25) is 0 Å². The number of nitrogens with one attached hydrogen (secondary N) is 1. The molecular formula is C19H30FIN4OS.